The van der Waals surface area contributed by atoms with Gasteiger partial charge in [0.25, 0.3) is 5.91 Å². The molecule has 8 rings (SSSR count). The number of benzene rings is 2. The number of hydrogen-bond acceptors (Lipinski definition) is 10. The SMILES string of the molecule is CN(C)C(=O)c1cc2cnc(Nc3ccc(OCCN4CCC(N5CCN(c6ccc(N7CCC(=O)NC7=O)cc6)CC5)CC4)cc3)nc2n1C1CCCC1. The van der Waals surface area contributed by atoms with Crippen molar-refractivity contribution in [1.82, 2.24) is 34.6 Å². The van der Waals surface area contributed by atoms with E-state index < -0.39 is 0 Å². The Bertz CT molecular complexity index is 1980. The summed E-state index contributed by atoms with van der Waals surface area (Å²) in [5, 5.41) is 6.61. The molecular weight excluding hydrogens is 697 g/mol. The van der Waals surface area contributed by atoms with Crippen LogP contribution in [0, 0.1) is 0 Å². The van der Waals surface area contributed by atoms with E-state index >= 15 is 0 Å². The average Bonchev–Trinajstić information content (AvgIpc) is 3.87. The van der Waals surface area contributed by atoms with Gasteiger partial charge >= 0.3 is 6.03 Å². The van der Waals surface area contributed by atoms with E-state index in [9.17, 15) is 14.4 Å². The minimum absolute atomic E-state index is 0.0144. The minimum Gasteiger partial charge on any atom is -0.492 e. The van der Waals surface area contributed by atoms with Crippen molar-refractivity contribution in [3.8, 4) is 5.75 Å². The van der Waals surface area contributed by atoms with Crippen LogP contribution in [-0.2, 0) is 4.79 Å². The van der Waals surface area contributed by atoms with Crippen molar-refractivity contribution in [1.29, 1.82) is 0 Å². The van der Waals surface area contributed by atoms with Gasteiger partial charge in [-0.3, -0.25) is 29.6 Å². The van der Waals surface area contributed by atoms with Crippen LogP contribution in [0.2, 0.25) is 0 Å². The molecule has 2 aromatic heterocycles. The molecule has 290 valence electrons. The van der Waals surface area contributed by atoms with Crippen molar-refractivity contribution >= 4 is 51.9 Å². The maximum absolute atomic E-state index is 13.0. The van der Waals surface area contributed by atoms with E-state index in [4.69, 9.17) is 9.72 Å². The molecule has 1 aliphatic carbocycles. The molecule has 3 aliphatic heterocycles. The normalized spacial score (nSPS) is 19.2. The highest BCUT2D eigenvalue weighted by Gasteiger charge is 2.29. The number of aromatic nitrogens is 3. The van der Waals surface area contributed by atoms with Crippen LogP contribution in [0.15, 0.2) is 60.8 Å². The standard InChI is InChI=1S/C41H52N10O4/c1-46(2)39(53)36-27-29-28-42-40(45-38(29)51(36)34-5-3-4-6-34)43-30-7-13-35(14-8-30)55-26-25-47-18-15-32(16-19-47)49-23-21-48(22-24-49)31-9-11-33(12-10-31)50-20-17-37(52)44-41(50)54/h7-14,27-28,32,34H,3-6,15-26H2,1-2H3,(H,42,43,45)(H,44,52,54). The predicted octanol–water partition coefficient (Wildman–Crippen LogP) is 5.10. The Morgan fingerprint density at radius 3 is 2.27 bits per heavy atom. The summed E-state index contributed by atoms with van der Waals surface area (Å²) in [6.45, 7) is 8.17. The maximum atomic E-state index is 13.0. The molecule has 4 aromatic rings. The lowest BCUT2D eigenvalue weighted by atomic mass is 10.0. The fraction of sp³-hybridized carbons (Fsp3) is 0.488. The van der Waals surface area contributed by atoms with Crippen molar-refractivity contribution in [2.45, 2.75) is 57.0 Å². The number of nitrogens with zero attached hydrogens (tertiary/aromatic N) is 8. The van der Waals surface area contributed by atoms with Gasteiger partial charge in [0.15, 0.2) is 0 Å². The van der Waals surface area contributed by atoms with Crippen molar-refractivity contribution in [3.05, 3.63) is 66.5 Å². The highest BCUT2D eigenvalue weighted by molar-refractivity contribution is 6.05. The summed E-state index contributed by atoms with van der Waals surface area (Å²) in [5.41, 5.74) is 4.33. The van der Waals surface area contributed by atoms with E-state index in [1.807, 2.05) is 42.5 Å². The number of imide groups is 1. The van der Waals surface area contributed by atoms with E-state index in [1.54, 1.807) is 30.1 Å². The van der Waals surface area contributed by atoms with Crippen LogP contribution in [0.3, 0.4) is 0 Å². The topological polar surface area (TPSA) is 131 Å². The fourth-order valence-electron chi connectivity index (χ4n) is 8.56. The van der Waals surface area contributed by atoms with Gasteiger partial charge in [-0.2, -0.15) is 4.98 Å². The Morgan fingerprint density at radius 1 is 0.873 bits per heavy atom. The van der Waals surface area contributed by atoms with Gasteiger partial charge in [0.1, 0.15) is 23.7 Å². The number of carbonyl (C=O) groups excluding carboxylic acids is 3. The molecule has 2 N–H and O–H groups in total. The number of nitrogens with one attached hydrogen (secondary N) is 2. The van der Waals surface area contributed by atoms with Crippen LogP contribution < -0.4 is 25.2 Å². The molecule has 55 heavy (non-hydrogen) atoms. The molecule has 0 radical (unpaired) electrons. The van der Waals surface area contributed by atoms with Gasteiger partial charge in [0, 0.05) is 101 Å². The molecule has 14 heteroatoms. The summed E-state index contributed by atoms with van der Waals surface area (Å²) >= 11 is 0. The molecule has 0 bridgehead atoms. The monoisotopic (exact) mass is 748 g/mol. The predicted molar refractivity (Wildman–Crippen MR) is 213 cm³/mol. The number of rotatable bonds is 11. The Hall–Kier alpha value is -5.21. The van der Waals surface area contributed by atoms with Gasteiger partial charge in [-0.1, -0.05) is 12.8 Å². The van der Waals surface area contributed by atoms with E-state index in [1.165, 1.54) is 18.5 Å². The number of carbonyl (C=O) groups is 3. The summed E-state index contributed by atoms with van der Waals surface area (Å²) in [6.07, 6.45) is 8.90. The van der Waals surface area contributed by atoms with Gasteiger partial charge < -0.3 is 24.4 Å². The third kappa shape index (κ3) is 8.25. The second-order valence-electron chi connectivity index (χ2n) is 15.4. The van der Waals surface area contributed by atoms with Crippen LogP contribution in [0.5, 0.6) is 5.75 Å². The molecule has 0 atom stereocenters. The summed E-state index contributed by atoms with van der Waals surface area (Å²) in [4.78, 5) is 57.0. The third-order valence-electron chi connectivity index (χ3n) is 11.6. The lowest BCUT2D eigenvalue weighted by molar-refractivity contribution is -0.120. The van der Waals surface area contributed by atoms with Crippen molar-refractivity contribution in [2.75, 3.05) is 88.2 Å². The smallest absolute Gasteiger partial charge is 0.328 e. The Labute approximate surface area is 322 Å². The number of piperazine rings is 1. The fourth-order valence-corrected chi connectivity index (χ4v) is 8.56. The molecule has 4 fully saturated rings. The zero-order chi connectivity index (χ0) is 37.9. The average molecular weight is 749 g/mol. The third-order valence-corrected chi connectivity index (χ3v) is 11.6. The second kappa shape index (κ2) is 16.3. The van der Waals surface area contributed by atoms with Crippen molar-refractivity contribution < 1.29 is 19.1 Å². The van der Waals surface area contributed by atoms with Gasteiger partial charge in [-0.05, 0) is 93.4 Å². The first-order valence-electron chi connectivity index (χ1n) is 19.8. The Morgan fingerprint density at radius 2 is 1.58 bits per heavy atom. The van der Waals surface area contributed by atoms with E-state index in [0.29, 0.717) is 37.3 Å². The molecule has 2 aromatic carbocycles. The number of ether oxygens (including phenoxy) is 1. The van der Waals surface area contributed by atoms with E-state index in [2.05, 4.69) is 47.0 Å². The number of urea groups is 1. The summed E-state index contributed by atoms with van der Waals surface area (Å²) in [5.74, 6) is 1.11. The first kappa shape index (κ1) is 36.8. The highest BCUT2D eigenvalue weighted by atomic mass is 16.5. The first-order valence-corrected chi connectivity index (χ1v) is 19.8. The summed E-state index contributed by atoms with van der Waals surface area (Å²) in [6, 6.07) is 18.5. The van der Waals surface area contributed by atoms with Crippen LogP contribution in [-0.4, -0.2) is 126 Å². The molecule has 1 saturated carbocycles. The van der Waals surface area contributed by atoms with E-state index in [-0.39, 0.29) is 23.9 Å². The maximum Gasteiger partial charge on any atom is 0.328 e. The number of fused-ring (bicyclic) bond motifs is 1. The van der Waals surface area contributed by atoms with Gasteiger partial charge in [-0.25, -0.2) is 9.78 Å². The van der Waals surface area contributed by atoms with Gasteiger partial charge in [0.2, 0.25) is 11.9 Å². The Kier molecular flexibility index (Phi) is 10.9. The quantitative estimate of drug-likeness (QED) is 0.214. The lowest BCUT2D eigenvalue weighted by Crippen LogP contribution is -2.53. The number of likely N-dealkylation sites (tertiary alicyclic amines) is 1. The largest absolute Gasteiger partial charge is 0.492 e. The minimum atomic E-state index is -0.349. The molecular formula is C41H52N10O4. The van der Waals surface area contributed by atoms with Crippen molar-refractivity contribution in [3.63, 3.8) is 0 Å². The number of hydrogen-bond donors (Lipinski definition) is 2. The highest BCUT2D eigenvalue weighted by Crippen LogP contribution is 2.35. The first-order chi connectivity index (χ1) is 26.8. The second-order valence-corrected chi connectivity index (χ2v) is 15.4. The number of amides is 4. The number of piperidine rings is 1. The molecule has 0 unspecified atom stereocenters. The molecule has 5 heterocycles. The molecule has 4 aliphatic rings. The Balaban J connectivity index is 0.768. The summed E-state index contributed by atoms with van der Waals surface area (Å²) < 4.78 is 8.28. The molecule has 14 nitrogen and oxygen atoms in total. The zero-order valence-corrected chi connectivity index (χ0v) is 32.0. The van der Waals surface area contributed by atoms with Crippen LogP contribution >= 0.6 is 0 Å². The van der Waals surface area contributed by atoms with Crippen LogP contribution in [0.25, 0.3) is 11.0 Å². The number of anilines is 4. The van der Waals surface area contributed by atoms with Crippen LogP contribution in [0.4, 0.5) is 27.8 Å². The lowest BCUT2D eigenvalue weighted by Gasteiger charge is -2.43. The molecule has 0 spiro atoms. The zero-order valence-electron chi connectivity index (χ0n) is 32.0. The van der Waals surface area contributed by atoms with Crippen LogP contribution in [0.1, 0.15) is 61.5 Å². The van der Waals surface area contributed by atoms with Crippen molar-refractivity contribution in [2.24, 2.45) is 0 Å². The molecule has 4 amide bonds. The summed E-state index contributed by atoms with van der Waals surface area (Å²) in [7, 11) is 3.57. The molecule has 3 saturated heterocycles. The van der Waals surface area contributed by atoms with Gasteiger partial charge in [-0.15, -0.1) is 0 Å². The van der Waals surface area contributed by atoms with E-state index in [0.717, 1.165) is 99.7 Å². The van der Waals surface area contributed by atoms with Gasteiger partial charge in [0.05, 0.1) is 0 Å².